The van der Waals surface area contributed by atoms with Gasteiger partial charge in [-0.2, -0.15) is 8.78 Å². The average molecular weight is 324 g/mol. The van der Waals surface area contributed by atoms with E-state index in [4.69, 9.17) is 4.74 Å². The minimum atomic E-state index is -2.56. The van der Waals surface area contributed by atoms with Gasteiger partial charge in [-0.15, -0.1) is 0 Å². The highest BCUT2D eigenvalue weighted by Gasteiger charge is 2.16. The van der Waals surface area contributed by atoms with Crippen LogP contribution < -0.4 is 10.1 Å². The summed E-state index contributed by atoms with van der Waals surface area (Å²) in [5, 5.41) is 2.62. The Bertz CT molecular complexity index is 653. The molecule has 1 heterocycles. The van der Waals surface area contributed by atoms with Gasteiger partial charge in [-0.3, -0.25) is 4.79 Å². The van der Waals surface area contributed by atoms with Gasteiger partial charge in [0.15, 0.2) is 0 Å². The highest BCUT2D eigenvalue weighted by molar-refractivity contribution is 7.99. The van der Waals surface area contributed by atoms with Crippen molar-refractivity contribution in [1.29, 1.82) is 0 Å². The number of thioether (sulfide) groups is 1. The smallest absolute Gasteiger partial charge is 0.288 e. The number of aromatic nitrogens is 1. The number of nitrogens with one attached hydrogen (secondary N) is 1. The molecular weight excluding hydrogens is 310 g/mol. The Balaban J connectivity index is 2.23. The molecule has 0 atom stereocenters. The van der Waals surface area contributed by atoms with Gasteiger partial charge in [0.05, 0.1) is 12.3 Å². The minimum absolute atomic E-state index is 0.210. The number of ether oxygens (including phenoxy) is 1. The molecule has 0 radical (unpaired) electrons. The van der Waals surface area contributed by atoms with Gasteiger partial charge in [-0.25, -0.2) is 4.98 Å². The molecule has 1 aromatic carbocycles. The Morgan fingerprint density at radius 3 is 2.82 bits per heavy atom. The van der Waals surface area contributed by atoms with E-state index >= 15 is 0 Å². The van der Waals surface area contributed by atoms with Crippen molar-refractivity contribution >= 4 is 23.4 Å². The number of anilines is 1. The third-order valence-corrected chi connectivity index (χ3v) is 3.44. The lowest BCUT2D eigenvalue weighted by atomic mass is 10.2. The quantitative estimate of drug-likeness (QED) is 0.815. The van der Waals surface area contributed by atoms with Crippen LogP contribution in [0.2, 0.25) is 0 Å². The fourth-order valence-electron chi connectivity index (χ4n) is 1.77. The molecule has 0 saturated heterocycles. The van der Waals surface area contributed by atoms with E-state index < -0.39 is 11.7 Å². The summed E-state index contributed by atoms with van der Waals surface area (Å²) in [5.74, 6) is -2.81. The van der Waals surface area contributed by atoms with Crippen molar-refractivity contribution in [2.75, 3.05) is 11.9 Å². The van der Waals surface area contributed by atoms with E-state index in [1.165, 1.54) is 12.3 Å². The van der Waals surface area contributed by atoms with Crippen LogP contribution in [0, 0.1) is 0 Å². The predicted molar refractivity (Wildman–Crippen MR) is 81.7 cm³/mol. The molecule has 2 aromatic rings. The number of amides is 1. The van der Waals surface area contributed by atoms with Crippen molar-refractivity contribution in [2.45, 2.75) is 17.6 Å². The molecule has 0 bridgehead atoms. The summed E-state index contributed by atoms with van der Waals surface area (Å²) in [5.41, 5.74) is 0.574. The average Bonchev–Trinajstić information content (AvgIpc) is 2.49. The zero-order valence-electron chi connectivity index (χ0n) is 11.8. The van der Waals surface area contributed by atoms with E-state index in [1.807, 2.05) is 0 Å². The summed E-state index contributed by atoms with van der Waals surface area (Å²) in [6, 6.07) is 9.57. The van der Waals surface area contributed by atoms with E-state index in [1.54, 1.807) is 37.3 Å². The first kappa shape index (κ1) is 16.2. The van der Waals surface area contributed by atoms with Gasteiger partial charge < -0.3 is 10.1 Å². The zero-order chi connectivity index (χ0) is 15.9. The Morgan fingerprint density at radius 2 is 2.09 bits per heavy atom. The molecular formula is C15H14F2N2O2S. The zero-order valence-corrected chi connectivity index (χ0v) is 12.6. The number of halogens is 2. The summed E-state index contributed by atoms with van der Waals surface area (Å²) in [6.45, 7) is 2.15. The van der Waals surface area contributed by atoms with Crippen LogP contribution in [0.5, 0.6) is 5.88 Å². The van der Waals surface area contributed by atoms with E-state index in [0.717, 1.165) is 0 Å². The van der Waals surface area contributed by atoms with Crippen LogP contribution >= 0.6 is 11.8 Å². The monoisotopic (exact) mass is 324 g/mol. The molecule has 1 amide bonds. The molecule has 22 heavy (non-hydrogen) atoms. The molecule has 0 aliphatic heterocycles. The van der Waals surface area contributed by atoms with Crippen LogP contribution in [-0.2, 0) is 0 Å². The summed E-state index contributed by atoms with van der Waals surface area (Å²) < 4.78 is 30.4. The molecule has 1 N–H and O–H groups in total. The van der Waals surface area contributed by atoms with Gasteiger partial charge in [0.25, 0.3) is 11.7 Å². The Labute approximate surface area is 130 Å². The number of carbonyl (C=O) groups excluding carboxylic acids is 1. The summed E-state index contributed by atoms with van der Waals surface area (Å²) >= 11 is 0.382. The number of alkyl halides is 2. The van der Waals surface area contributed by atoms with Crippen LogP contribution in [0.25, 0.3) is 0 Å². The first-order chi connectivity index (χ1) is 10.6. The molecule has 0 saturated carbocycles. The first-order valence-electron chi connectivity index (χ1n) is 6.54. The van der Waals surface area contributed by atoms with Crippen molar-refractivity contribution in [3.8, 4) is 5.88 Å². The number of pyridine rings is 1. The fourth-order valence-corrected chi connectivity index (χ4v) is 2.37. The fraction of sp³-hybridized carbons (Fsp3) is 0.200. The maximum atomic E-state index is 12.5. The highest BCUT2D eigenvalue weighted by atomic mass is 32.2. The van der Waals surface area contributed by atoms with E-state index in [9.17, 15) is 13.6 Å². The van der Waals surface area contributed by atoms with Crippen molar-refractivity contribution in [3.63, 3.8) is 0 Å². The third-order valence-electron chi connectivity index (χ3n) is 2.65. The standard InChI is InChI=1S/C15H14F2N2O2S/c1-2-21-14-10(6-5-9-18-14)13(20)19-11-7-3-4-8-12(11)22-15(16)17/h3-9,15H,2H2,1H3,(H,19,20). The van der Waals surface area contributed by atoms with Crippen molar-refractivity contribution in [2.24, 2.45) is 0 Å². The van der Waals surface area contributed by atoms with E-state index in [2.05, 4.69) is 10.3 Å². The minimum Gasteiger partial charge on any atom is -0.477 e. The van der Waals surface area contributed by atoms with Gasteiger partial charge in [0.1, 0.15) is 5.56 Å². The summed E-state index contributed by atoms with van der Waals surface area (Å²) in [4.78, 5) is 16.6. The van der Waals surface area contributed by atoms with Crippen molar-refractivity contribution in [3.05, 3.63) is 48.2 Å². The number of rotatable bonds is 6. The molecule has 0 unspecified atom stereocenters. The molecule has 1 aromatic heterocycles. The molecule has 0 aliphatic rings. The molecule has 116 valence electrons. The SMILES string of the molecule is CCOc1ncccc1C(=O)Nc1ccccc1SC(F)F. The lowest BCUT2D eigenvalue weighted by Gasteiger charge is -2.12. The van der Waals surface area contributed by atoms with Gasteiger partial charge in [-0.1, -0.05) is 23.9 Å². The van der Waals surface area contributed by atoms with E-state index in [0.29, 0.717) is 29.0 Å². The lowest BCUT2D eigenvalue weighted by molar-refractivity contribution is 0.102. The molecule has 4 nitrogen and oxygen atoms in total. The number of hydrogen-bond donors (Lipinski definition) is 1. The lowest BCUT2D eigenvalue weighted by Crippen LogP contribution is -2.15. The predicted octanol–water partition coefficient (Wildman–Crippen LogP) is 4.05. The number of para-hydroxylation sites is 1. The Hall–Kier alpha value is -2.15. The van der Waals surface area contributed by atoms with Gasteiger partial charge in [0, 0.05) is 11.1 Å². The van der Waals surface area contributed by atoms with Crippen LogP contribution in [0.15, 0.2) is 47.5 Å². The third kappa shape index (κ3) is 4.17. The van der Waals surface area contributed by atoms with Crippen LogP contribution in [0.1, 0.15) is 17.3 Å². The molecule has 2 rings (SSSR count). The largest absolute Gasteiger partial charge is 0.477 e. The summed E-state index contributed by atoms with van der Waals surface area (Å²) in [7, 11) is 0. The van der Waals surface area contributed by atoms with Crippen LogP contribution in [0.3, 0.4) is 0 Å². The topological polar surface area (TPSA) is 51.2 Å². The highest BCUT2D eigenvalue weighted by Crippen LogP contribution is 2.32. The number of carbonyl (C=O) groups is 1. The van der Waals surface area contributed by atoms with Crippen molar-refractivity contribution < 1.29 is 18.3 Å². The molecule has 0 fully saturated rings. The number of benzene rings is 1. The molecule has 0 spiro atoms. The normalized spacial score (nSPS) is 10.5. The van der Waals surface area contributed by atoms with Gasteiger partial charge in [-0.05, 0) is 31.2 Å². The first-order valence-corrected chi connectivity index (χ1v) is 7.42. The second-order valence-electron chi connectivity index (χ2n) is 4.12. The summed E-state index contributed by atoms with van der Waals surface area (Å²) in [6.07, 6.45) is 1.52. The van der Waals surface area contributed by atoms with Crippen molar-refractivity contribution in [1.82, 2.24) is 4.98 Å². The maximum absolute atomic E-state index is 12.5. The Morgan fingerprint density at radius 1 is 1.32 bits per heavy atom. The second kappa shape index (κ2) is 7.74. The Kier molecular flexibility index (Phi) is 5.71. The van der Waals surface area contributed by atoms with Crippen LogP contribution in [0.4, 0.5) is 14.5 Å². The van der Waals surface area contributed by atoms with Gasteiger partial charge >= 0.3 is 0 Å². The molecule has 0 aliphatic carbocycles. The van der Waals surface area contributed by atoms with Gasteiger partial charge in [0.2, 0.25) is 5.88 Å². The van der Waals surface area contributed by atoms with Crippen LogP contribution in [-0.4, -0.2) is 23.3 Å². The second-order valence-corrected chi connectivity index (χ2v) is 5.15. The number of hydrogen-bond acceptors (Lipinski definition) is 4. The van der Waals surface area contributed by atoms with E-state index in [-0.39, 0.29) is 11.4 Å². The maximum Gasteiger partial charge on any atom is 0.288 e. The molecule has 7 heteroatoms. The number of nitrogens with zero attached hydrogens (tertiary/aromatic N) is 1.